The maximum atomic E-state index is 12.7. The van der Waals surface area contributed by atoms with Crippen molar-refractivity contribution in [3.8, 4) is 0 Å². The summed E-state index contributed by atoms with van der Waals surface area (Å²) in [6.45, 7) is 6.76. The highest BCUT2D eigenvalue weighted by Gasteiger charge is 2.17. The van der Waals surface area contributed by atoms with Crippen LogP contribution in [0.2, 0.25) is 0 Å². The highest BCUT2D eigenvalue weighted by Crippen LogP contribution is 2.27. The molecule has 3 nitrogen and oxygen atoms in total. The van der Waals surface area contributed by atoms with Crippen molar-refractivity contribution < 1.29 is 9.21 Å². The lowest BCUT2D eigenvalue weighted by atomic mass is 10.0. The first-order valence-electron chi connectivity index (χ1n) is 7.93. The zero-order valence-corrected chi connectivity index (χ0v) is 13.8. The Morgan fingerprint density at radius 1 is 1.09 bits per heavy atom. The van der Waals surface area contributed by atoms with E-state index in [9.17, 15) is 4.79 Å². The fourth-order valence-corrected chi connectivity index (χ4v) is 2.89. The molecule has 0 atom stereocenters. The molecule has 0 saturated heterocycles. The molecule has 3 rings (SSSR count). The van der Waals surface area contributed by atoms with Gasteiger partial charge in [0.05, 0.1) is 12.7 Å². The van der Waals surface area contributed by atoms with E-state index in [0.29, 0.717) is 13.0 Å². The van der Waals surface area contributed by atoms with Crippen LogP contribution in [0.25, 0.3) is 11.0 Å². The van der Waals surface area contributed by atoms with Crippen LogP contribution < -0.4 is 4.90 Å². The minimum absolute atomic E-state index is 0.0830. The molecule has 2 aromatic carbocycles. The third-order valence-corrected chi connectivity index (χ3v) is 4.37. The van der Waals surface area contributed by atoms with Crippen LogP contribution in [0.15, 0.2) is 53.1 Å². The van der Waals surface area contributed by atoms with E-state index in [1.165, 1.54) is 5.56 Å². The molecule has 0 aliphatic rings. The van der Waals surface area contributed by atoms with Crippen LogP contribution in [-0.2, 0) is 11.2 Å². The molecule has 0 bridgehead atoms. The first-order chi connectivity index (χ1) is 11.1. The van der Waals surface area contributed by atoms with Gasteiger partial charge in [-0.05, 0) is 44.0 Å². The van der Waals surface area contributed by atoms with Crippen molar-refractivity contribution in [1.29, 1.82) is 0 Å². The van der Waals surface area contributed by atoms with Gasteiger partial charge in [-0.1, -0.05) is 30.3 Å². The van der Waals surface area contributed by atoms with E-state index in [2.05, 4.69) is 19.9 Å². The fraction of sp³-hybridized carbons (Fsp3) is 0.250. The van der Waals surface area contributed by atoms with Gasteiger partial charge in [-0.2, -0.15) is 0 Å². The number of likely N-dealkylation sites (N-methyl/N-ethyl adjacent to an activating group) is 1. The summed E-state index contributed by atoms with van der Waals surface area (Å²) in [5, 5.41) is 1.03. The highest BCUT2D eigenvalue weighted by molar-refractivity contribution is 5.97. The summed E-state index contributed by atoms with van der Waals surface area (Å²) in [6.07, 6.45) is 2.06. The summed E-state index contributed by atoms with van der Waals surface area (Å²) in [5.74, 6) is 0.0830. The Hall–Kier alpha value is -2.55. The second kappa shape index (κ2) is 6.29. The van der Waals surface area contributed by atoms with Gasteiger partial charge in [-0.3, -0.25) is 4.79 Å². The summed E-state index contributed by atoms with van der Waals surface area (Å²) in [7, 11) is 0. The molecule has 3 aromatic rings. The van der Waals surface area contributed by atoms with E-state index in [4.69, 9.17) is 4.42 Å². The molecule has 0 saturated carbocycles. The number of furan rings is 1. The van der Waals surface area contributed by atoms with Crippen LogP contribution in [0.1, 0.15) is 23.6 Å². The van der Waals surface area contributed by atoms with Gasteiger partial charge in [0.2, 0.25) is 5.91 Å². The van der Waals surface area contributed by atoms with Crippen LogP contribution in [0.3, 0.4) is 0 Å². The lowest BCUT2D eigenvalue weighted by Crippen LogP contribution is -2.31. The van der Waals surface area contributed by atoms with Gasteiger partial charge in [0.15, 0.2) is 0 Å². The molecule has 0 fully saturated rings. The molecular formula is C20H21NO2. The van der Waals surface area contributed by atoms with Gasteiger partial charge >= 0.3 is 0 Å². The molecule has 23 heavy (non-hydrogen) atoms. The lowest BCUT2D eigenvalue weighted by Gasteiger charge is -2.20. The maximum Gasteiger partial charge on any atom is 0.231 e. The summed E-state index contributed by atoms with van der Waals surface area (Å²) in [6, 6.07) is 13.9. The highest BCUT2D eigenvalue weighted by atomic mass is 16.3. The first-order valence-corrected chi connectivity index (χ1v) is 7.93. The molecule has 0 aliphatic heterocycles. The summed E-state index contributed by atoms with van der Waals surface area (Å²) >= 11 is 0. The van der Waals surface area contributed by atoms with Crippen LogP contribution in [-0.4, -0.2) is 12.5 Å². The molecule has 0 N–H and O–H groups in total. The van der Waals surface area contributed by atoms with Crippen molar-refractivity contribution in [2.24, 2.45) is 0 Å². The normalized spacial score (nSPS) is 10.9. The van der Waals surface area contributed by atoms with Crippen LogP contribution in [0.5, 0.6) is 0 Å². The fourth-order valence-electron chi connectivity index (χ4n) is 2.89. The average Bonchev–Trinajstić information content (AvgIpc) is 2.96. The number of fused-ring (bicyclic) bond motifs is 1. The van der Waals surface area contributed by atoms with Crippen molar-refractivity contribution in [3.63, 3.8) is 0 Å². The van der Waals surface area contributed by atoms with E-state index >= 15 is 0 Å². The number of carbonyl (C=O) groups excluding carboxylic acids is 1. The molecule has 3 heteroatoms. The van der Waals surface area contributed by atoms with Crippen LogP contribution >= 0.6 is 0 Å². The standard InChI is InChI=1S/C20H21NO2/c1-4-21(17-8-6-5-7-9-17)19(22)12-16-13-23-20-15(3)14(2)10-11-18(16)20/h5-11,13H,4,12H2,1-3H3. The van der Waals surface area contributed by atoms with Crippen molar-refractivity contribution >= 4 is 22.6 Å². The van der Waals surface area contributed by atoms with Gasteiger partial charge < -0.3 is 9.32 Å². The third kappa shape index (κ3) is 2.87. The number of benzene rings is 2. The van der Waals surface area contributed by atoms with Crippen molar-refractivity contribution in [1.82, 2.24) is 0 Å². The van der Waals surface area contributed by atoms with Crippen LogP contribution in [0, 0.1) is 13.8 Å². The van der Waals surface area contributed by atoms with E-state index in [-0.39, 0.29) is 5.91 Å². The Kier molecular flexibility index (Phi) is 4.20. The van der Waals surface area contributed by atoms with Crippen LogP contribution in [0.4, 0.5) is 5.69 Å². The molecule has 1 aromatic heterocycles. The zero-order valence-electron chi connectivity index (χ0n) is 13.8. The van der Waals surface area contributed by atoms with E-state index in [0.717, 1.165) is 27.8 Å². The minimum Gasteiger partial charge on any atom is -0.464 e. The molecular weight excluding hydrogens is 286 g/mol. The Balaban J connectivity index is 1.89. The predicted molar refractivity (Wildman–Crippen MR) is 93.9 cm³/mol. The first kappa shape index (κ1) is 15.3. The molecule has 0 unspecified atom stereocenters. The number of aryl methyl sites for hydroxylation is 2. The number of rotatable bonds is 4. The number of carbonyl (C=O) groups is 1. The van der Waals surface area contributed by atoms with E-state index < -0.39 is 0 Å². The number of hydrogen-bond donors (Lipinski definition) is 0. The Bertz CT molecular complexity index is 833. The maximum absolute atomic E-state index is 12.7. The Morgan fingerprint density at radius 3 is 2.52 bits per heavy atom. The number of para-hydroxylation sites is 1. The van der Waals surface area contributed by atoms with Gasteiger partial charge in [0.1, 0.15) is 5.58 Å². The second-order valence-electron chi connectivity index (χ2n) is 5.80. The number of nitrogens with zero attached hydrogens (tertiary/aromatic N) is 1. The summed E-state index contributed by atoms with van der Waals surface area (Å²) < 4.78 is 5.71. The zero-order chi connectivity index (χ0) is 16.4. The largest absolute Gasteiger partial charge is 0.464 e. The van der Waals surface area contributed by atoms with Crippen molar-refractivity contribution in [2.75, 3.05) is 11.4 Å². The predicted octanol–water partition coefficient (Wildman–Crippen LogP) is 4.65. The monoisotopic (exact) mass is 307 g/mol. The molecule has 1 amide bonds. The average molecular weight is 307 g/mol. The van der Waals surface area contributed by atoms with Gasteiger partial charge in [-0.15, -0.1) is 0 Å². The number of anilines is 1. The summed E-state index contributed by atoms with van der Waals surface area (Å²) in [4.78, 5) is 14.5. The number of amides is 1. The Morgan fingerprint density at radius 2 is 1.83 bits per heavy atom. The Labute approximate surface area is 136 Å². The smallest absolute Gasteiger partial charge is 0.231 e. The molecule has 1 heterocycles. The SMILES string of the molecule is CCN(C(=O)Cc1coc2c(C)c(C)ccc12)c1ccccc1. The van der Waals surface area contributed by atoms with Gasteiger partial charge in [-0.25, -0.2) is 0 Å². The molecule has 0 spiro atoms. The van der Waals surface area contributed by atoms with E-state index in [1.807, 2.05) is 43.3 Å². The quantitative estimate of drug-likeness (QED) is 0.703. The van der Waals surface area contributed by atoms with E-state index in [1.54, 1.807) is 11.2 Å². The topological polar surface area (TPSA) is 33.5 Å². The third-order valence-electron chi connectivity index (χ3n) is 4.37. The molecule has 0 radical (unpaired) electrons. The summed E-state index contributed by atoms with van der Waals surface area (Å²) in [5.41, 5.74) is 5.10. The molecule has 118 valence electrons. The minimum atomic E-state index is 0.0830. The van der Waals surface area contributed by atoms with Crippen molar-refractivity contribution in [2.45, 2.75) is 27.2 Å². The second-order valence-corrected chi connectivity index (χ2v) is 5.80. The van der Waals surface area contributed by atoms with Crippen molar-refractivity contribution in [3.05, 3.63) is 65.4 Å². The molecule has 0 aliphatic carbocycles. The number of hydrogen-bond acceptors (Lipinski definition) is 2. The lowest BCUT2D eigenvalue weighted by molar-refractivity contribution is -0.117. The van der Waals surface area contributed by atoms with Gasteiger partial charge in [0, 0.05) is 23.2 Å². The van der Waals surface area contributed by atoms with Gasteiger partial charge in [0.25, 0.3) is 0 Å².